The van der Waals surface area contributed by atoms with E-state index < -0.39 is 0 Å². The molecule has 5 aromatic rings. The lowest BCUT2D eigenvalue weighted by Gasteiger charge is -2.28. The van der Waals surface area contributed by atoms with Crippen molar-refractivity contribution >= 4 is 28.1 Å². The van der Waals surface area contributed by atoms with Crippen molar-refractivity contribution in [2.45, 2.75) is 12.0 Å². The number of rotatable bonds is 2. The molecule has 3 heterocycles. The molecule has 0 N–H and O–H groups in total. The van der Waals surface area contributed by atoms with Gasteiger partial charge in [-0.05, 0) is 65.2 Å². The number of carbonyl (C=O) groups excluding carboxylic acids is 1. The fraction of sp³-hybridized carbons (Fsp3) is 0.0606. The fourth-order valence-corrected chi connectivity index (χ4v) is 6.13. The molecule has 2 atom stereocenters. The second-order valence-corrected chi connectivity index (χ2v) is 9.92. The third-order valence-corrected chi connectivity index (χ3v) is 7.88. The van der Waals surface area contributed by atoms with Gasteiger partial charge in [0.2, 0.25) is 5.78 Å². The average molecular weight is 492 g/mol. The van der Waals surface area contributed by atoms with Crippen LogP contribution in [0.5, 0.6) is 0 Å². The van der Waals surface area contributed by atoms with Crippen LogP contribution < -0.4 is 10.5 Å². The van der Waals surface area contributed by atoms with Crippen LogP contribution in [0, 0.1) is 0 Å². The highest BCUT2D eigenvalue weighted by Gasteiger charge is 2.37. The number of allylic oxidation sites excluding steroid dienone is 2. The number of hydrogen-bond acceptors (Lipinski definition) is 4. The van der Waals surface area contributed by atoms with Crippen LogP contribution in [0.1, 0.15) is 27.7 Å². The highest BCUT2D eigenvalue weighted by atomic mass is 16.1. The molecule has 0 saturated carbocycles. The topological polar surface area (TPSA) is 55.2 Å². The molecule has 0 bridgehead atoms. The first kappa shape index (κ1) is 21.1. The number of benzene rings is 4. The van der Waals surface area contributed by atoms with Crippen LogP contribution >= 0.6 is 0 Å². The van der Waals surface area contributed by atoms with Gasteiger partial charge >= 0.3 is 0 Å². The molecule has 0 spiro atoms. The van der Waals surface area contributed by atoms with Gasteiger partial charge in [-0.1, -0.05) is 66.8 Å². The first-order valence-corrected chi connectivity index (χ1v) is 12.7. The molecule has 5 heteroatoms. The van der Waals surface area contributed by atoms with Crippen molar-refractivity contribution in [3.8, 4) is 16.8 Å². The Balaban J connectivity index is 1.25. The molecule has 38 heavy (non-hydrogen) atoms. The van der Waals surface area contributed by atoms with Crippen LogP contribution in [0.2, 0.25) is 0 Å². The predicted octanol–water partition coefficient (Wildman–Crippen LogP) is 6.33. The Bertz CT molecular complexity index is 1930. The maximum atomic E-state index is 13.4. The van der Waals surface area contributed by atoms with Crippen LogP contribution in [0.25, 0.3) is 27.7 Å². The number of anilines is 2. The number of aromatic nitrogens is 2. The molecule has 1 aliphatic carbocycles. The van der Waals surface area contributed by atoms with E-state index in [0.717, 1.165) is 11.1 Å². The average Bonchev–Trinajstić information content (AvgIpc) is 3.45. The third kappa shape index (κ3) is 2.84. The Kier molecular flexibility index (Phi) is 4.29. The standard InChI is InChI=1S/C33H21N3O2/c37-31-26-19-21(15-17-30(26)36-32(31)34-27-12-6-4-11-24(27)33(36)38)20-14-16-29-25(18-20)23-10-5-7-13-28(23)35(29)22-8-2-1-3-9-22/h1-19,23,28H. The third-order valence-electron chi connectivity index (χ3n) is 7.88. The van der Waals surface area contributed by atoms with Crippen molar-refractivity contribution in [1.29, 1.82) is 0 Å². The minimum Gasteiger partial charge on any atom is -0.333 e. The lowest BCUT2D eigenvalue weighted by atomic mass is 9.89. The van der Waals surface area contributed by atoms with Gasteiger partial charge in [0.15, 0.2) is 5.82 Å². The molecular weight excluding hydrogens is 470 g/mol. The van der Waals surface area contributed by atoms with Gasteiger partial charge in [-0.2, -0.15) is 0 Å². The monoisotopic (exact) mass is 491 g/mol. The normalized spacial score (nSPS) is 18.4. The van der Waals surface area contributed by atoms with Crippen LogP contribution in [0.15, 0.2) is 120 Å². The van der Waals surface area contributed by atoms with Gasteiger partial charge in [0, 0.05) is 17.3 Å². The van der Waals surface area contributed by atoms with E-state index in [2.05, 4.69) is 76.7 Å². The van der Waals surface area contributed by atoms with E-state index in [1.807, 2.05) is 36.4 Å². The Morgan fingerprint density at radius 2 is 1.45 bits per heavy atom. The maximum absolute atomic E-state index is 13.4. The number of nitrogens with zero attached hydrogens (tertiary/aromatic N) is 3. The molecule has 5 nitrogen and oxygen atoms in total. The van der Waals surface area contributed by atoms with Gasteiger partial charge in [0.1, 0.15) is 0 Å². The zero-order valence-corrected chi connectivity index (χ0v) is 20.3. The summed E-state index contributed by atoms with van der Waals surface area (Å²) in [5, 5.41) is 0.506. The van der Waals surface area contributed by atoms with E-state index in [9.17, 15) is 9.59 Å². The Labute approximate surface area is 218 Å². The lowest BCUT2D eigenvalue weighted by Crippen LogP contribution is -2.28. The van der Waals surface area contributed by atoms with E-state index in [4.69, 9.17) is 0 Å². The Morgan fingerprint density at radius 1 is 0.711 bits per heavy atom. The highest BCUT2D eigenvalue weighted by molar-refractivity contribution is 6.14. The van der Waals surface area contributed by atoms with Gasteiger partial charge in [-0.25, -0.2) is 4.98 Å². The molecule has 2 aliphatic heterocycles. The van der Waals surface area contributed by atoms with E-state index >= 15 is 0 Å². The molecular formula is C33H21N3O2. The van der Waals surface area contributed by atoms with E-state index in [1.165, 1.54) is 21.5 Å². The molecule has 4 aromatic carbocycles. The van der Waals surface area contributed by atoms with Crippen molar-refractivity contribution in [2.75, 3.05) is 4.90 Å². The van der Waals surface area contributed by atoms with Crippen molar-refractivity contribution in [1.82, 2.24) is 9.55 Å². The van der Waals surface area contributed by atoms with Crippen LogP contribution in [0.4, 0.5) is 11.4 Å². The predicted molar refractivity (Wildman–Crippen MR) is 150 cm³/mol. The summed E-state index contributed by atoms with van der Waals surface area (Å²) in [7, 11) is 0. The molecule has 180 valence electrons. The molecule has 2 unspecified atom stereocenters. The lowest BCUT2D eigenvalue weighted by molar-refractivity contribution is 0.103. The van der Waals surface area contributed by atoms with Crippen molar-refractivity contribution < 1.29 is 4.79 Å². The quantitative estimate of drug-likeness (QED) is 0.284. The summed E-state index contributed by atoms with van der Waals surface area (Å²) in [4.78, 5) is 33.6. The SMILES string of the molecule is O=C1c2cc(-c3ccc4c(c3)C3C=CC=CC3N4c3ccccc3)ccc2-n2c1nc1ccccc1c2=O. The number of para-hydroxylation sites is 2. The van der Waals surface area contributed by atoms with Crippen molar-refractivity contribution in [3.05, 3.63) is 143 Å². The van der Waals surface area contributed by atoms with E-state index in [-0.39, 0.29) is 29.1 Å². The Hall–Kier alpha value is -5.03. The summed E-state index contributed by atoms with van der Waals surface area (Å²) >= 11 is 0. The second-order valence-electron chi connectivity index (χ2n) is 9.92. The molecule has 8 rings (SSSR count). The second kappa shape index (κ2) is 7.73. The smallest absolute Gasteiger partial charge is 0.266 e. The summed E-state index contributed by atoms with van der Waals surface area (Å²) < 4.78 is 1.45. The summed E-state index contributed by atoms with van der Waals surface area (Å²) in [5.41, 5.74) is 7.02. The number of ketones is 1. The van der Waals surface area contributed by atoms with Gasteiger partial charge in [0.05, 0.1) is 28.2 Å². The minimum atomic E-state index is -0.221. The zero-order chi connectivity index (χ0) is 25.4. The zero-order valence-electron chi connectivity index (χ0n) is 20.3. The maximum Gasteiger partial charge on any atom is 0.266 e. The van der Waals surface area contributed by atoms with Gasteiger partial charge in [0.25, 0.3) is 5.56 Å². The molecule has 3 aliphatic rings. The fourth-order valence-electron chi connectivity index (χ4n) is 6.13. The molecule has 0 amide bonds. The van der Waals surface area contributed by atoms with Crippen LogP contribution in [0.3, 0.4) is 0 Å². The highest BCUT2D eigenvalue weighted by Crippen LogP contribution is 2.48. The molecule has 0 saturated heterocycles. The minimum absolute atomic E-state index is 0.176. The number of hydrogen-bond donors (Lipinski definition) is 0. The molecule has 0 radical (unpaired) electrons. The molecule has 0 fully saturated rings. The van der Waals surface area contributed by atoms with Gasteiger partial charge < -0.3 is 4.90 Å². The summed E-state index contributed by atoms with van der Waals surface area (Å²) in [6, 6.07) is 30.1. The van der Waals surface area contributed by atoms with Gasteiger partial charge in [-0.3, -0.25) is 14.2 Å². The molecule has 1 aromatic heterocycles. The first-order chi connectivity index (χ1) is 18.7. The summed E-state index contributed by atoms with van der Waals surface area (Å²) in [5.74, 6) is 0.197. The summed E-state index contributed by atoms with van der Waals surface area (Å²) in [6.45, 7) is 0. The first-order valence-electron chi connectivity index (χ1n) is 12.7. The largest absolute Gasteiger partial charge is 0.333 e. The van der Waals surface area contributed by atoms with E-state index in [0.29, 0.717) is 22.2 Å². The van der Waals surface area contributed by atoms with Crippen LogP contribution in [-0.2, 0) is 0 Å². The van der Waals surface area contributed by atoms with E-state index in [1.54, 1.807) is 12.1 Å². The van der Waals surface area contributed by atoms with Crippen molar-refractivity contribution in [3.63, 3.8) is 0 Å². The number of fused-ring (bicyclic) bond motifs is 7. The van der Waals surface area contributed by atoms with Gasteiger partial charge in [-0.15, -0.1) is 0 Å². The number of carbonyl (C=O) groups is 1. The van der Waals surface area contributed by atoms with Crippen molar-refractivity contribution in [2.24, 2.45) is 0 Å². The Morgan fingerprint density at radius 3 is 2.32 bits per heavy atom. The van der Waals surface area contributed by atoms with Crippen LogP contribution in [-0.4, -0.2) is 21.4 Å². The summed E-state index contributed by atoms with van der Waals surface area (Å²) in [6.07, 6.45) is 8.76.